The predicted octanol–water partition coefficient (Wildman–Crippen LogP) is 2.68. The SMILES string of the molecule is CN(N)C(=S)NC(CC(=O)c1ccccc1)c1ccccc1. The average molecular weight is 313 g/mol. The molecule has 0 aliphatic rings. The number of carbonyl (C=O) groups excluding carboxylic acids is 1. The van der Waals surface area contributed by atoms with Crippen molar-refractivity contribution >= 4 is 23.1 Å². The Bertz CT molecular complexity index is 629. The maximum absolute atomic E-state index is 12.5. The third kappa shape index (κ3) is 4.38. The van der Waals surface area contributed by atoms with E-state index in [1.54, 1.807) is 7.05 Å². The molecule has 0 radical (unpaired) electrons. The molecule has 4 nitrogen and oxygen atoms in total. The first kappa shape index (κ1) is 16.1. The second kappa shape index (κ2) is 7.68. The van der Waals surface area contributed by atoms with Gasteiger partial charge in [-0.25, -0.2) is 5.84 Å². The van der Waals surface area contributed by atoms with E-state index in [-0.39, 0.29) is 11.8 Å². The lowest BCUT2D eigenvalue weighted by atomic mass is 9.98. The number of hydrogen-bond donors (Lipinski definition) is 2. The van der Waals surface area contributed by atoms with Crippen molar-refractivity contribution < 1.29 is 4.79 Å². The van der Waals surface area contributed by atoms with Crippen molar-refractivity contribution in [2.24, 2.45) is 5.84 Å². The minimum absolute atomic E-state index is 0.0597. The molecule has 114 valence electrons. The highest BCUT2D eigenvalue weighted by molar-refractivity contribution is 7.80. The zero-order valence-corrected chi connectivity index (χ0v) is 13.2. The summed E-state index contributed by atoms with van der Waals surface area (Å²) in [5.74, 6) is 5.71. The highest BCUT2D eigenvalue weighted by atomic mass is 32.1. The molecule has 1 atom stereocenters. The van der Waals surface area contributed by atoms with Crippen LogP contribution in [-0.4, -0.2) is 23.0 Å². The van der Waals surface area contributed by atoms with Crippen LogP contribution in [0.1, 0.15) is 28.4 Å². The Morgan fingerprint density at radius 2 is 1.68 bits per heavy atom. The van der Waals surface area contributed by atoms with Crippen LogP contribution in [0.4, 0.5) is 0 Å². The Morgan fingerprint density at radius 1 is 1.14 bits per heavy atom. The van der Waals surface area contributed by atoms with Crippen LogP contribution in [0.25, 0.3) is 0 Å². The van der Waals surface area contributed by atoms with Gasteiger partial charge in [0.15, 0.2) is 10.9 Å². The fourth-order valence-corrected chi connectivity index (χ4v) is 2.26. The number of nitrogens with one attached hydrogen (secondary N) is 1. The third-order valence-corrected chi connectivity index (χ3v) is 3.71. The number of carbonyl (C=O) groups is 1. The number of rotatable bonds is 5. The number of nitrogens with zero attached hydrogens (tertiary/aromatic N) is 1. The largest absolute Gasteiger partial charge is 0.354 e. The van der Waals surface area contributed by atoms with E-state index in [9.17, 15) is 4.79 Å². The molecule has 0 bridgehead atoms. The monoisotopic (exact) mass is 313 g/mol. The summed E-state index contributed by atoms with van der Waals surface area (Å²) in [4.78, 5) is 12.5. The maximum Gasteiger partial charge on any atom is 0.183 e. The first-order valence-electron chi connectivity index (χ1n) is 7.00. The fraction of sp³-hybridized carbons (Fsp3) is 0.176. The van der Waals surface area contributed by atoms with Crippen LogP contribution in [-0.2, 0) is 0 Å². The quantitative estimate of drug-likeness (QED) is 0.385. The summed E-state index contributed by atoms with van der Waals surface area (Å²) in [6.07, 6.45) is 0.308. The molecule has 2 aromatic carbocycles. The summed E-state index contributed by atoms with van der Waals surface area (Å²) in [7, 11) is 1.66. The van der Waals surface area contributed by atoms with Gasteiger partial charge in [0, 0.05) is 19.0 Å². The van der Waals surface area contributed by atoms with Crippen molar-refractivity contribution in [1.82, 2.24) is 10.3 Å². The molecule has 3 N–H and O–H groups in total. The van der Waals surface area contributed by atoms with Gasteiger partial charge in [0.2, 0.25) is 0 Å². The Hall–Kier alpha value is -2.24. The van der Waals surface area contributed by atoms with E-state index in [1.807, 2.05) is 60.7 Å². The van der Waals surface area contributed by atoms with Crippen LogP contribution < -0.4 is 11.2 Å². The van der Waals surface area contributed by atoms with E-state index in [2.05, 4.69) is 5.32 Å². The summed E-state index contributed by atoms with van der Waals surface area (Å²) in [6.45, 7) is 0. The number of ketones is 1. The number of hydrogen-bond acceptors (Lipinski definition) is 3. The molecule has 5 heteroatoms. The normalized spacial score (nSPS) is 11.5. The second-order valence-electron chi connectivity index (χ2n) is 5.02. The molecule has 0 saturated heterocycles. The van der Waals surface area contributed by atoms with E-state index in [0.717, 1.165) is 5.56 Å². The lowest BCUT2D eigenvalue weighted by Gasteiger charge is -2.23. The van der Waals surface area contributed by atoms with Crippen LogP contribution in [0.3, 0.4) is 0 Å². The van der Waals surface area contributed by atoms with Gasteiger partial charge in [-0.05, 0) is 17.8 Å². The zero-order chi connectivity index (χ0) is 15.9. The smallest absolute Gasteiger partial charge is 0.183 e. The number of benzene rings is 2. The lowest BCUT2D eigenvalue weighted by molar-refractivity contribution is 0.0971. The molecule has 0 aromatic heterocycles. The summed E-state index contributed by atoms with van der Waals surface area (Å²) in [5, 5.41) is 4.87. The maximum atomic E-state index is 12.5. The highest BCUT2D eigenvalue weighted by Gasteiger charge is 2.18. The van der Waals surface area contributed by atoms with Crippen LogP contribution in [0.15, 0.2) is 60.7 Å². The van der Waals surface area contributed by atoms with Crippen LogP contribution in [0.2, 0.25) is 0 Å². The Labute approximate surface area is 135 Å². The zero-order valence-electron chi connectivity index (χ0n) is 12.4. The van der Waals surface area contributed by atoms with E-state index < -0.39 is 0 Å². The van der Waals surface area contributed by atoms with Gasteiger partial charge >= 0.3 is 0 Å². The molecule has 0 aliphatic heterocycles. The van der Waals surface area contributed by atoms with Crippen molar-refractivity contribution in [2.45, 2.75) is 12.5 Å². The van der Waals surface area contributed by atoms with Crippen LogP contribution in [0, 0.1) is 0 Å². The molecular weight excluding hydrogens is 294 g/mol. The summed E-state index contributed by atoms with van der Waals surface area (Å²) >= 11 is 5.20. The van der Waals surface area contributed by atoms with Crippen molar-refractivity contribution in [3.8, 4) is 0 Å². The van der Waals surface area contributed by atoms with Gasteiger partial charge in [0.05, 0.1) is 6.04 Å². The number of Topliss-reactive ketones (excluding diaryl/α,β-unsaturated/α-hetero) is 1. The molecule has 2 rings (SSSR count). The first-order chi connectivity index (χ1) is 10.6. The predicted molar refractivity (Wildman–Crippen MR) is 92.3 cm³/mol. The molecule has 22 heavy (non-hydrogen) atoms. The van der Waals surface area contributed by atoms with Crippen molar-refractivity contribution in [2.75, 3.05) is 7.05 Å². The first-order valence-corrected chi connectivity index (χ1v) is 7.41. The van der Waals surface area contributed by atoms with Crippen molar-refractivity contribution in [1.29, 1.82) is 0 Å². The number of nitrogens with two attached hydrogens (primary N) is 1. The standard InChI is InChI=1S/C17H19N3OS/c1-20(18)17(22)19-15(13-8-4-2-5-9-13)12-16(21)14-10-6-3-7-11-14/h2-11,15H,12,18H2,1H3,(H,19,22). The average Bonchev–Trinajstić information content (AvgIpc) is 2.55. The minimum Gasteiger partial charge on any atom is -0.354 e. The van der Waals surface area contributed by atoms with Gasteiger partial charge in [0.25, 0.3) is 0 Å². The molecule has 0 spiro atoms. The Balaban J connectivity index is 2.18. The molecular formula is C17H19N3OS. The Kier molecular flexibility index (Phi) is 5.63. The Morgan fingerprint density at radius 3 is 2.23 bits per heavy atom. The third-order valence-electron chi connectivity index (χ3n) is 3.31. The van der Waals surface area contributed by atoms with E-state index in [0.29, 0.717) is 17.1 Å². The van der Waals surface area contributed by atoms with Crippen LogP contribution in [0.5, 0.6) is 0 Å². The van der Waals surface area contributed by atoms with Crippen molar-refractivity contribution in [3.63, 3.8) is 0 Å². The number of thiocarbonyl (C=S) groups is 1. The minimum atomic E-state index is -0.215. The summed E-state index contributed by atoms with van der Waals surface area (Å²) in [6, 6.07) is 18.8. The van der Waals surface area contributed by atoms with Crippen molar-refractivity contribution in [3.05, 3.63) is 71.8 Å². The summed E-state index contributed by atoms with van der Waals surface area (Å²) < 4.78 is 0. The molecule has 0 saturated carbocycles. The van der Waals surface area contributed by atoms with E-state index >= 15 is 0 Å². The molecule has 1 unspecified atom stereocenters. The molecule has 0 aliphatic carbocycles. The summed E-state index contributed by atoms with van der Waals surface area (Å²) in [5.41, 5.74) is 1.69. The molecule has 0 heterocycles. The van der Waals surface area contributed by atoms with E-state index in [4.69, 9.17) is 18.1 Å². The van der Waals surface area contributed by atoms with E-state index in [1.165, 1.54) is 5.01 Å². The van der Waals surface area contributed by atoms with Gasteiger partial charge in [-0.2, -0.15) is 0 Å². The molecule has 2 aromatic rings. The van der Waals surface area contributed by atoms with Gasteiger partial charge in [-0.3, -0.25) is 9.80 Å². The van der Waals surface area contributed by atoms with Gasteiger partial charge in [-0.1, -0.05) is 60.7 Å². The van der Waals surface area contributed by atoms with Gasteiger partial charge in [-0.15, -0.1) is 0 Å². The van der Waals surface area contributed by atoms with Gasteiger partial charge in [0.1, 0.15) is 0 Å². The number of hydrazine groups is 1. The van der Waals surface area contributed by atoms with Crippen LogP contribution >= 0.6 is 12.2 Å². The molecule has 0 amide bonds. The van der Waals surface area contributed by atoms with Gasteiger partial charge < -0.3 is 5.32 Å². The highest BCUT2D eigenvalue weighted by Crippen LogP contribution is 2.19. The topological polar surface area (TPSA) is 58.4 Å². The molecule has 0 fully saturated rings. The second-order valence-corrected chi connectivity index (χ2v) is 5.40. The fourth-order valence-electron chi connectivity index (χ4n) is 2.12. The lowest BCUT2D eigenvalue weighted by Crippen LogP contribution is -2.43.